The molecule has 19 heavy (non-hydrogen) atoms. The number of rotatable bonds is 5. The van der Waals surface area contributed by atoms with Gasteiger partial charge in [-0.2, -0.15) is 0 Å². The van der Waals surface area contributed by atoms with Crippen molar-refractivity contribution in [3.05, 3.63) is 36.5 Å². The molecule has 0 spiro atoms. The van der Waals surface area contributed by atoms with Gasteiger partial charge in [-0.3, -0.25) is 0 Å². The van der Waals surface area contributed by atoms with E-state index < -0.39 is 0 Å². The van der Waals surface area contributed by atoms with E-state index in [4.69, 9.17) is 10.5 Å². The van der Waals surface area contributed by atoms with Crippen LogP contribution in [0.5, 0.6) is 5.75 Å². The van der Waals surface area contributed by atoms with Crippen molar-refractivity contribution in [3.63, 3.8) is 0 Å². The zero-order valence-corrected chi connectivity index (χ0v) is 11.2. The molecule has 1 aromatic carbocycles. The fourth-order valence-corrected chi connectivity index (χ4v) is 1.63. The molecule has 0 bridgehead atoms. The summed E-state index contributed by atoms with van der Waals surface area (Å²) in [6.45, 7) is 1.53. The molecular formula is C14H18N4O. The topological polar surface area (TPSA) is 64.3 Å². The highest BCUT2D eigenvalue weighted by Gasteiger charge is 2.02. The quantitative estimate of drug-likeness (QED) is 0.883. The standard InChI is InChI=1S/C14H18N4O/c1-18(2)8-9-19-12-5-3-4-11(10-12)13-6-7-16-14(15)17-13/h3-7,10H,8-9H2,1-2H3,(H2,15,16,17). The second-order valence-corrected chi connectivity index (χ2v) is 4.48. The average Bonchev–Trinajstić information content (AvgIpc) is 2.39. The van der Waals surface area contributed by atoms with E-state index in [9.17, 15) is 0 Å². The minimum Gasteiger partial charge on any atom is -0.492 e. The van der Waals surface area contributed by atoms with Gasteiger partial charge in [0, 0.05) is 18.3 Å². The Bertz CT molecular complexity index is 542. The Morgan fingerprint density at radius 1 is 1.26 bits per heavy atom. The van der Waals surface area contributed by atoms with Gasteiger partial charge >= 0.3 is 0 Å². The highest BCUT2D eigenvalue weighted by Crippen LogP contribution is 2.22. The van der Waals surface area contributed by atoms with Gasteiger partial charge in [-0.05, 0) is 32.3 Å². The zero-order valence-electron chi connectivity index (χ0n) is 11.2. The lowest BCUT2D eigenvalue weighted by Gasteiger charge is -2.11. The van der Waals surface area contributed by atoms with Crippen molar-refractivity contribution in [2.75, 3.05) is 33.0 Å². The van der Waals surface area contributed by atoms with Gasteiger partial charge < -0.3 is 15.4 Å². The van der Waals surface area contributed by atoms with Crippen LogP contribution in [0, 0.1) is 0 Å². The first kappa shape index (κ1) is 13.3. The molecule has 100 valence electrons. The van der Waals surface area contributed by atoms with Gasteiger partial charge in [-0.1, -0.05) is 12.1 Å². The smallest absolute Gasteiger partial charge is 0.220 e. The number of aromatic nitrogens is 2. The monoisotopic (exact) mass is 258 g/mol. The van der Waals surface area contributed by atoms with Crippen LogP contribution in [0.4, 0.5) is 5.95 Å². The minimum absolute atomic E-state index is 0.274. The summed E-state index contributed by atoms with van der Waals surface area (Å²) < 4.78 is 5.69. The SMILES string of the molecule is CN(C)CCOc1cccc(-c2ccnc(N)n2)c1. The van der Waals surface area contributed by atoms with Crippen LogP contribution in [0.2, 0.25) is 0 Å². The highest BCUT2D eigenvalue weighted by atomic mass is 16.5. The summed E-state index contributed by atoms with van der Waals surface area (Å²) in [7, 11) is 4.03. The molecule has 0 fully saturated rings. The Hall–Kier alpha value is -2.14. The van der Waals surface area contributed by atoms with Crippen molar-refractivity contribution in [1.29, 1.82) is 0 Å². The van der Waals surface area contributed by atoms with Crippen molar-refractivity contribution in [2.24, 2.45) is 0 Å². The van der Waals surface area contributed by atoms with Gasteiger partial charge in [0.25, 0.3) is 0 Å². The molecule has 0 aliphatic rings. The van der Waals surface area contributed by atoms with Crippen LogP contribution >= 0.6 is 0 Å². The van der Waals surface area contributed by atoms with Crippen LogP contribution < -0.4 is 10.5 Å². The number of hydrogen-bond donors (Lipinski definition) is 1. The molecule has 0 aliphatic carbocycles. The fraction of sp³-hybridized carbons (Fsp3) is 0.286. The molecule has 2 rings (SSSR count). The van der Waals surface area contributed by atoms with Crippen LogP contribution in [0.15, 0.2) is 36.5 Å². The maximum atomic E-state index is 5.69. The molecule has 2 aromatic rings. The number of nitrogens with two attached hydrogens (primary N) is 1. The Balaban J connectivity index is 2.11. The third-order valence-electron chi connectivity index (χ3n) is 2.61. The second kappa shape index (κ2) is 6.15. The molecular weight excluding hydrogens is 240 g/mol. The van der Waals surface area contributed by atoms with Crippen LogP contribution in [0.1, 0.15) is 0 Å². The Morgan fingerprint density at radius 2 is 2.11 bits per heavy atom. The fourth-order valence-electron chi connectivity index (χ4n) is 1.63. The third-order valence-corrected chi connectivity index (χ3v) is 2.61. The molecule has 0 saturated heterocycles. The van der Waals surface area contributed by atoms with Crippen molar-refractivity contribution in [2.45, 2.75) is 0 Å². The van der Waals surface area contributed by atoms with Gasteiger partial charge in [0.05, 0.1) is 5.69 Å². The van der Waals surface area contributed by atoms with E-state index in [2.05, 4.69) is 14.9 Å². The van der Waals surface area contributed by atoms with Crippen LogP contribution in [0.3, 0.4) is 0 Å². The number of likely N-dealkylation sites (N-methyl/N-ethyl adjacent to an activating group) is 1. The summed E-state index contributed by atoms with van der Waals surface area (Å²) in [4.78, 5) is 10.2. The molecule has 0 unspecified atom stereocenters. The van der Waals surface area contributed by atoms with Crippen molar-refractivity contribution in [1.82, 2.24) is 14.9 Å². The maximum absolute atomic E-state index is 5.69. The normalized spacial score (nSPS) is 10.7. The van der Waals surface area contributed by atoms with Crippen LogP contribution in [-0.4, -0.2) is 42.1 Å². The molecule has 0 radical (unpaired) electrons. The Labute approximate surface area is 113 Å². The van der Waals surface area contributed by atoms with Gasteiger partial charge in [0.1, 0.15) is 12.4 Å². The summed E-state index contributed by atoms with van der Waals surface area (Å²) in [6.07, 6.45) is 1.65. The van der Waals surface area contributed by atoms with E-state index in [0.29, 0.717) is 6.61 Å². The van der Waals surface area contributed by atoms with E-state index in [0.717, 1.165) is 23.6 Å². The van der Waals surface area contributed by atoms with Crippen molar-refractivity contribution in [3.8, 4) is 17.0 Å². The van der Waals surface area contributed by atoms with Crippen LogP contribution in [0.25, 0.3) is 11.3 Å². The lowest BCUT2D eigenvalue weighted by Crippen LogP contribution is -2.19. The summed E-state index contributed by atoms with van der Waals surface area (Å²) in [5, 5.41) is 0. The Morgan fingerprint density at radius 3 is 2.84 bits per heavy atom. The zero-order chi connectivity index (χ0) is 13.7. The molecule has 0 aliphatic heterocycles. The number of nitrogen functional groups attached to an aromatic ring is 1. The van der Waals surface area contributed by atoms with E-state index >= 15 is 0 Å². The number of ether oxygens (including phenoxy) is 1. The number of hydrogen-bond acceptors (Lipinski definition) is 5. The first-order chi connectivity index (χ1) is 9.15. The lowest BCUT2D eigenvalue weighted by molar-refractivity contribution is 0.261. The largest absolute Gasteiger partial charge is 0.492 e. The van der Waals surface area contributed by atoms with Crippen molar-refractivity contribution < 1.29 is 4.74 Å². The van der Waals surface area contributed by atoms with Crippen LogP contribution in [-0.2, 0) is 0 Å². The third kappa shape index (κ3) is 3.93. The molecule has 5 heteroatoms. The lowest BCUT2D eigenvalue weighted by atomic mass is 10.1. The molecule has 1 heterocycles. The predicted molar refractivity (Wildman–Crippen MR) is 75.9 cm³/mol. The van der Waals surface area contributed by atoms with Gasteiger partial charge in [0.15, 0.2) is 0 Å². The summed E-state index contributed by atoms with van der Waals surface area (Å²) in [6, 6.07) is 9.63. The van der Waals surface area contributed by atoms with Gasteiger partial charge in [-0.25, -0.2) is 9.97 Å². The van der Waals surface area contributed by atoms with E-state index in [1.54, 1.807) is 6.20 Å². The van der Waals surface area contributed by atoms with Gasteiger partial charge in [-0.15, -0.1) is 0 Å². The van der Waals surface area contributed by atoms with Crippen molar-refractivity contribution >= 4 is 5.95 Å². The molecule has 0 atom stereocenters. The number of nitrogens with zero attached hydrogens (tertiary/aromatic N) is 3. The minimum atomic E-state index is 0.274. The average molecular weight is 258 g/mol. The first-order valence-corrected chi connectivity index (χ1v) is 6.11. The molecule has 2 N–H and O–H groups in total. The molecule has 5 nitrogen and oxygen atoms in total. The summed E-state index contributed by atoms with van der Waals surface area (Å²) in [5.41, 5.74) is 7.35. The van der Waals surface area contributed by atoms with E-state index in [1.165, 1.54) is 0 Å². The first-order valence-electron chi connectivity index (χ1n) is 6.11. The molecule has 1 aromatic heterocycles. The number of anilines is 1. The van der Waals surface area contributed by atoms with Gasteiger partial charge in [0.2, 0.25) is 5.95 Å². The maximum Gasteiger partial charge on any atom is 0.220 e. The highest BCUT2D eigenvalue weighted by molar-refractivity contribution is 5.61. The second-order valence-electron chi connectivity index (χ2n) is 4.48. The Kier molecular flexibility index (Phi) is 4.30. The number of benzene rings is 1. The predicted octanol–water partition coefficient (Wildman–Crippen LogP) is 1.67. The molecule has 0 saturated carbocycles. The van der Waals surface area contributed by atoms with E-state index in [-0.39, 0.29) is 5.95 Å². The van der Waals surface area contributed by atoms with E-state index in [1.807, 2.05) is 44.4 Å². The summed E-state index contributed by atoms with van der Waals surface area (Å²) >= 11 is 0. The molecule has 0 amide bonds. The summed E-state index contributed by atoms with van der Waals surface area (Å²) in [5.74, 6) is 1.10.